The molecular weight excluding hydrogens is 306 g/mol. The Morgan fingerprint density at radius 1 is 1.11 bits per heavy atom. The van der Waals surface area contributed by atoms with E-state index in [-0.39, 0.29) is 11.7 Å². The summed E-state index contributed by atoms with van der Waals surface area (Å²) in [4.78, 5) is 11.8. The summed E-state index contributed by atoms with van der Waals surface area (Å²) in [7, 11) is 0. The van der Waals surface area contributed by atoms with E-state index < -0.39 is 0 Å². The van der Waals surface area contributed by atoms with Gasteiger partial charge in [-0.3, -0.25) is 4.79 Å². The Balaban J connectivity index is 1.88. The first kappa shape index (κ1) is 13.6. The standard InChI is InChI=1S/C15H14BrNO2/c16-14-4-2-1-3-12(14)9-15(19)17-10-11-5-7-13(18)8-6-11/h1-8,18H,9-10H2,(H,17,19). The fraction of sp³-hybridized carbons (Fsp3) is 0.133. The number of halogens is 1. The van der Waals surface area contributed by atoms with E-state index in [1.807, 2.05) is 24.3 Å². The first-order valence-electron chi connectivity index (χ1n) is 5.93. The van der Waals surface area contributed by atoms with Crippen LogP contribution in [-0.4, -0.2) is 11.0 Å². The Morgan fingerprint density at radius 2 is 1.79 bits per heavy atom. The number of nitrogens with one attached hydrogen (secondary N) is 1. The summed E-state index contributed by atoms with van der Waals surface area (Å²) in [6.45, 7) is 0.462. The summed E-state index contributed by atoms with van der Waals surface area (Å²) in [6.07, 6.45) is 0.347. The molecular formula is C15H14BrNO2. The number of hydrogen-bond donors (Lipinski definition) is 2. The van der Waals surface area contributed by atoms with Crippen molar-refractivity contribution in [3.8, 4) is 5.75 Å². The minimum atomic E-state index is -0.0278. The van der Waals surface area contributed by atoms with E-state index >= 15 is 0 Å². The van der Waals surface area contributed by atoms with Gasteiger partial charge in [-0.05, 0) is 29.3 Å². The van der Waals surface area contributed by atoms with Crippen LogP contribution >= 0.6 is 15.9 Å². The van der Waals surface area contributed by atoms with Gasteiger partial charge < -0.3 is 10.4 Å². The Hall–Kier alpha value is -1.81. The number of hydrogen-bond acceptors (Lipinski definition) is 2. The number of phenols is 1. The molecule has 0 aromatic heterocycles. The van der Waals surface area contributed by atoms with Crippen molar-refractivity contribution in [1.82, 2.24) is 5.32 Å². The summed E-state index contributed by atoms with van der Waals surface area (Å²) in [5.41, 5.74) is 1.92. The summed E-state index contributed by atoms with van der Waals surface area (Å²) in [5.74, 6) is 0.197. The molecule has 0 saturated heterocycles. The number of phenolic OH excluding ortho intramolecular Hbond substituents is 1. The molecule has 2 rings (SSSR count). The minimum absolute atomic E-state index is 0.0278. The lowest BCUT2D eigenvalue weighted by Crippen LogP contribution is -2.24. The normalized spacial score (nSPS) is 10.2. The molecule has 0 radical (unpaired) electrons. The predicted molar refractivity (Wildman–Crippen MR) is 77.8 cm³/mol. The van der Waals surface area contributed by atoms with E-state index in [0.717, 1.165) is 15.6 Å². The zero-order chi connectivity index (χ0) is 13.7. The second-order valence-corrected chi connectivity index (χ2v) is 5.07. The van der Waals surface area contributed by atoms with E-state index in [1.54, 1.807) is 24.3 Å². The van der Waals surface area contributed by atoms with Crippen molar-refractivity contribution in [1.29, 1.82) is 0 Å². The van der Waals surface area contributed by atoms with Crippen molar-refractivity contribution in [2.45, 2.75) is 13.0 Å². The summed E-state index contributed by atoms with van der Waals surface area (Å²) < 4.78 is 0.940. The molecule has 0 bridgehead atoms. The smallest absolute Gasteiger partial charge is 0.224 e. The first-order valence-corrected chi connectivity index (χ1v) is 6.72. The van der Waals surface area contributed by atoms with Gasteiger partial charge in [-0.1, -0.05) is 46.3 Å². The quantitative estimate of drug-likeness (QED) is 0.910. The van der Waals surface area contributed by atoms with Crippen LogP contribution in [0, 0.1) is 0 Å². The first-order chi connectivity index (χ1) is 9.15. The van der Waals surface area contributed by atoms with Crippen molar-refractivity contribution in [3.05, 3.63) is 64.1 Å². The van der Waals surface area contributed by atoms with Crippen molar-refractivity contribution in [3.63, 3.8) is 0 Å². The third-order valence-corrected chi connectivity index (χ3v) is 3.51. The number of carbonyl (C=O) groups excluding carboxylic acids is 1. The SMILES string of the molecule is O=C(Cc1ccccc1Br)NCc1ccc(O)cc1. The van der Waals surface area contributed by atoms with Crippen LogP contribution in [0.3, 0.4) is 0 Å². The van der Waals surface area contributed by atoms with Gasteiger partial charge in [0.05, 0.1) is 6.42 Å². The van der Waals surface area contributed by atoms with Gasteiger partial charge in [0, 0.05) is 11.0 Å². The molecule has 0 aliphatic carbocycles. The molecule has 0 fully saturated rings. The third-order valence-electron chi connectivity index (χ3n) is 2.73. The van der Waals surface area contributed by atoms with Gasteiger partial charge in [0.1, 0.15) is 5.75 Å². The minimum Gasteiger partial charge on any atom is -0.508 e. The number of amides is 1. The van der Waals surface area contributed by atoms with Crippen LogP contribution in [0.15, 0.2) is 53.0 Å². The largest absolute Gasteiger partial charge is 0.508 e. The molecule has 0 heterocycles. The van der Waals surface area contributed by atoms with E-state index in [4.69, 9.17) is 5.11 Å². The molecule has 0 saturated carbocycles. The van der Waals surface area contributed by atoms with Crippen molar-refractivity contribution in [2.75, 3.05) is 0 Å². The molecule has 2 N–H and O–H groups in total. The van der Waals surface area contributed by atoms with Gasteiger partial charge in [0.2, 0.25) is 5.91 Å². The molecule has 0 spiro atoms. The lowest BCUT2D eigenvalue weighted by atomic mass is 10.1. The van der Waals surface area contributed by atoms with Crippen LogP contribution in [0.25, 0.3) is 0 Å². The molecule has 4 heteroatoms. The van der Waals surface area contributed by atoms with Crippen LogP contribution in [0.1, 0.15) is 11.1 Å². The predicted octanol–water partition coefficient (Wildman–Crippen LogP) is 3.01. The lowest BCUT2D eigenvalue weighted by Gasteiger charge is -2.07. The highest BCUT2D eigenvalue weighted by Crippen LogP contribution is 2.16. The lowest BCUT2D eigenvalue weighted by molar-refractivity contribution is -0.120. The van der Waals surface area contributed by atoms with Gasteiger partial charge in [-0.15, -0.1) is 0 Å². The highest BCUT2D eigenvalue weighted by atomic mass is 79.9. The van der Waals surface area contributed by atoms with E-state index in [9.17, 15) is 4.79 Å². The van der Waals surface area contributed by atoms with Crippen LogP contribution in [0.5, 0.6) is 5.75 Å². The van der Waals surface area contributed by atoms with Gasteiger partial charge >= 0.3 is 0 Å². The van der Waals surface area contributed by atoms with Crippen LogP contribution in [0.4, 0.5) is 0 Å². The van der Waals surface area contributed by atoms with Crippen LogP contribution < -0.4 is 5.32 Å². The average molecular weight is 320 g/mol. The summed E-state index contributed by atoms with van der Waals surface area (Å²) in [6, 6.07) is 14.5. The van der Waals surface area contributed by atoms with Crippen LogP contribution in [0.2, 0.25) is 0 Å². The Kier molecular flexibility index (Phi) is 4.58. The second-order valence-electron chi connectivity index (χ2n) is 4.21. The van der Waals surface area contributed by atoms with Gasteiger partial charge in [0.15, 0.2) is 0 Å². The summed E-state index contributed by atoms with van der Waals surface area (Å²) >= 11 is 3.42. The fourth-order valence-electron chi connectivity index (χ4n) is 1.69. The van der Waals surface area contributed by atoms with Gasteiger partial charge in [0.25, 0.3) is 0 Å². The van der Waals surface area contributed by atoms with Crippen molar-refractivity contribution in [2.24, 2.45) is 0 Å². The maximum absolute atomic E-state index is 11.8. The van der Waals surface area contributed by atoms with Crippen LogP contribution in [-0.2, 0) is 17.8 Å². The highest BCUT2D eigenvalue weighted by molar-refractivity contribution is 9.10. The Labute approximate surface area is 120 Å². The van der Waals surface area contributed by atoms with E-state index in [0.29, 0.717) is 13.0 Å². The average Bonchev–Trinajstić information content (AvgIpc) is 2.41. The molecule has 2 aromatic carbocycles. The monoisotopic (exact) mass is 319 g/mol. The third kappa shape index (κ3) is 4.10. The zero-order valence-electron chi connectivity index (χ0n) is 10.3. The molecule has 0 aliphatic heterocycles. The molecule has 19 heavy (non-hydrogen) atoms. The van der Waals surface area contributed by atoms with E-state index in [2.05, 4.69) is 21.2 Å². The number of benzene rings is 2. The maximum Gasteiger partial charge on any atom is 0.224 e. The molecule has 0 unspecified atom stereocenters. The molecule has 3 nitrogen and oxygen atoms in total. The number of carbonyl (C=O) groups is 1. The van der Waals surface area contributed by atoms with Gasteiger partial charge in [-0.2, -0.15) is 0 Å². The molecule has 2 aromatic rings. The Bertz CT molecular complexity index is 567. The number of rotatable bonds is 4. The fourth-order valence-corrected chi connectivity index (χ4v) is 2.12. The molecule has 0 atom stereocenters. The second kappa shape index (κ2) is 6.38. The molecule has 1 amide bonds. The van der Waals surface area contributed by atoms with Crippen molar-refractivity contribution < 1.29 is 9.90 Å². The van der Waals surface area contributed by atoms with E-state index in [1.165, 1.54) is 0 Å². The maximum atomic E-state index is 11.8. The zero-order valence-corrected chi connectivity index (χ0v) is 11.9. The Morgan fingerprint density at radius 3 is 2.47 bits per heavy atom. The molecule has 98 valence electrons. The molecule has 0 aliphatic rings. The summed E-state index contributed by atoms with van der Waals surface area (Å²) in [5, 5.41) is 12.0. The topological polar surface area (TPSA) is 49.3 Å². The highest BCUT2D eigenvalue weighted by Gasteiger charge is 2.05. The van der Waals surface area contributed by atoms with Gasteiger partial charge in [-0.25, -0.2) is 0 Å². The van der Waals surface area contributed by atoms with Crippen molar-refractivity contribution >= 4 is 21.8 Å². The number of aromatic hydroxyl groups is 1.